The van der Waals surface area contributed by atoms with Crippen LogP contribution in [0, 0.1) is 0 Å². The molecule has 1 saturated heterocycles. The van der Waals surface area contributed by atoms with Crippen LogP contribution in [0.1, 0.15) is 32.1 Å². The molecule has 0 radical (unpaired) electrons. The maximum atomic E-state index is 11.7. The van der Waals surface area contributed by atoms with Gasteiger partial charge in [-0.1, -0.05) is 11.6 Å². The van der Waals surface area contributed by atoms with Gasteiger partial charge in [0.1, 0.15) is 5.75 Å². The molecule has 22 heavy (non-hydrogen) atoms. The Morgan fingerprint density at radius 3 is 2.64 bits per heavy atom. The average molecular weight is 325 g/mol. The fraction of sp³-hybridized carbons (Fsp3) is 0.588. The average Bonchev–Trinajstić information content (AvgIpc) is 3.03. The quantitative estimate of drug-likeness (QED) is 0.710. The maximum Gasteiger partial charge on any atom is 0.220 e. The zero-order valence-electron chi connectivity index (χ0n) is 13.0. The first kappa shape index (κ1) is 17.1. The first-order chi connectivity index (χ1) is 10.7. The summed E-state index contributed by atoms with van der Waals surface area (Å²) in [7, 11) is 0. The molecule has 4 nitrogen and oxygen atoms in total. The van der Waals surface area contributed by atoms with Crippen LogP contribution in [-0.4, -0.2) is 43.6 Å². The van der Waals surface area contributed by atoms with Crippen LogP contribution in [0.15, 0.2) is 24.3 Å². The minimum atomic E-state index is 0.112. The van der Waals surface area contributed by atoms with Gasteiger partial charge in [0.25, 0.3) is 0 Å². The Hall–Kier alpha value is -1.26. The molecule has 1 aliphatic heterocycles. The van der Waals surface area contributed by atoms with Crippen LogP contribution in [0.3, 0.4) is 0 Å². The number of carbonyl (C=O) groups excluding carboxylic acids is 1. The van der Waals surface area contributed by atoms with Crippen LogP contribution in [0.4, 0.5) is 0 Å². The van der Waals surface area contributed by atoms with E-state index in [1.807, 2.05) is 12.1 Å². The van der Waals surface area contributed by atoms with Gasteiger partial charge in [0.05, 0.1) is 6.61 Å². The highest BCUT2D eigenvalue weighted by atomic mass is 35.5. The van der Waals surface area contributed by atoms with E-state index >= 15 is 0 Å². The van der Waals surface area contributed by atoms with Crippen LogP contribution in [-0.2, 0) is 4.79 Å². The SMILES string of the molecule is O=C(CCCOc1ccc(Cl)cc1)NCCCN1CCCC1. The van der Waals surface area contributed by atoms with Crippen molar-refractivity contribution in [2.24, 2.45) is 0 Å². The van der Waals surface area contributed by atoms with Gasteiger partial charge in [-0.2, -0.15) is 0 Å². The van der Waals surface area contributed by atoms with Crippen LogP contribution >= 0.6 is 11.6 Å². The minimum absolute atomic E-state index is 0.112. The molecule has 5 heteroatoms. The molecular formula is C17H25ClN2O2. The highest BCUT2D eigenvalue weighted by Gasteiger charge is 2.10. The lowest BCUT2D eigenvalue weighted by molar-refractivity contribution is -0.121. The number of likely N-dealkylation sites (tertiary alicyclic amines) is 1. The molecule has 0 bridgehead atoms. The zero-order valence-corrected chi connectivity index (χ0v) is 13.8. The highest BCUT2D eigenvalue weighted by Crippen LogP contribution is 2.15. The lowest BCUT2D eigenvalue weighted by Crippen LogP contribution is -2.28. The molecule has 1 aromatic carbocycles. The molecular weight excluding hydrogens is 300 g/mol. The fourth-order valence-electron chi connectivity index (χ4n) is 2.58. The Morgan fingerprint density at radius 1 is 1.18 bits per heavy atom. The molecule has 0 aliphatic carbocycles. The lowest BCUT2D eigenvalue weighted by Gasteiger charge is -2.14. The second kappa shape index (κ2) is 9.70. The predicted molar refractivity (Wildman–Crippen MR) is 89.5 cm³/mol. The first-order valence-corrected chi connectivity index (χ1v) is 8.49. The van der Waals surface area contributed by atoms with Crippen molar-refractivity contribution in [3.8, 4) is 5.75 Å². The molecule has 1 N–H and O–H groups in total. The molecule has 0 aromatic heterocycles. The standard InChI is InChI=1S/C17H25ClN2O2/c18-15-6-8-16(9-7-15)22-14-3-5-17(21)19-10-4-13-20-11-1-2-12-20/h6-9H,1-5,10-14H2,(H,19,21). The molecule has 1 fully saturated rings. The third-order valence-corrected chi connectivity index (χ3v) is 4.05. The maximum absolute atomic E-state index is 11.7. The Kier molecular flexibility index (Phi) is 7.54. The van der Waals surface area contributed by atoms with E-state index in [0.29, 0.717) is 18.1 Å². The molecule has 0 atom stereocenters. The number of halogens is 1. The third kappa shape index (κ3) is 6.67. The van der Waals surface area contributed by atoms with Crippen molar-refractivity contribution in [2.45, 2.75) is 32.1 Å². The van der Waals surface area contributed by atoms with Gasteiger partial charge in [0.2, 0.25) is 5.91 Å². The monoisotopic (exact) mass is 324 g/mol. The van der Waals surface area contributed by atoms with Crippen LogP contribution < -0.4 is 10.1 Å². The summed E-state index contributed by atoms with van der Waals surface area (Å²) in [4.78, 5) is 14.2. The number of hydrogen-bond donors (Lipinski definition) is 1. The molecule has 122 valence electrons. The van der Waals surface area contributed by atoms with Gasteiger partial charge in [-0.25, -0.2) is 0 Å². The second-order valence-corrected chi connectivity index (χ2v) is 6.09. The predicted octanol–water partition coefficient (Wildman–Crippen LogP) is 3.10. The summed E-state index contributed by atoms with van der Waals surface area (Å²) < 4.78 is 5.56. The number of hydrogen-bond acceptors (Lipinski definition) is 3. The molecule has 0 saturated carbocycles. The third-order valence-electron chi connectivity index (χ3n) is 3.80. The summed E-state index contributed by atoms with van der Waals surface area (Å²) in [5.41, 5.74) is 0. The number of amides is 1. The zero-order chi connectivity index (χ0) is 15.6. The van der Waals surface area contributed by atoms with Crippen LogP contribution in [0.2, 0.25) is 5.02 Å². The smallest absolute Gasteiger partial charge is 0.220 e. The Labute approximate surface area is 137 Å². The van der Waals surface area contributed by atoms with Gasteiger partial charge >= 0.3 is 0 Å². The number of nitrogens with one attached hydrogen (secondary N) is 1. The molecule has 0 spiro atoms. The summed E-state index contributed by atoms with van der Waals surface area (Å²) in [6, 6.07) is 7.26. The molecule has 1 aliphatic rings. The van der Waals surface area contributed by atoms with Crippen molar-refractivity contribution >= 4 is 17.5 Å². The van der Waals surface area contributed by atoms with Crippen molar-refractivity contribution in [3.05, 3.63) is 29.3 Å². The summed E-state index contributed by atoms with van der Waals surface area (Å²) in [6.07, 6.45) is 4.91. The van der Waals surface area contributed by atoms with Crippen molar-refractivity contribution in [2.75, 3.05) is 32.8 Å². The summed E-state index contributed by atoms with van der Waals surface area (Å²) in [5.74, 6) is 0.900. The van der Waals surface area contributed by atoms with Gasteiger partial charge in [-0.05, 0) is 69.6 Å². The molecule has 1 amide bonds. The largest absolute Gasteiger partial charge is 0.494 e. The number of nitrogens with zero attached hydrogens (tertiary/aromatic N) is 1. The summed E-state index contributed by atoms with van der Waals surface area (Å²) >= 11 is 5.80. The normalized spacial score (nSPS) is 15.0. The highest BCUT2D eigenvalue weighted by molar-refractivity contribution is 6.30. The lowest BCUT2D eigenvalue weighted by atomic mass is 10.3. The van der Waals surface area contributed by atoms with Gasteiger partial charge in [0.15, 0.2) is 0 Å². The van der Waals surface area contributed by atoms with E-state index in [0.717, 1.165) is 31.7 Å². The molecule has 0 unspecified atom stereocenters. The van der Waals surface area contributed by atoms with Gasteiger partial charge in [0, 0.05) is 18.0 Å². The fourth-order valence-corrected chi connectivity index (χ4v) is 2.70. The van der Waals surface area contributed by atoms with E-state index in [1.54, 1.807) is 12.1 Å². The van der Waals surface area contributed by atoms with Crippen molar-refractivity contribution in [3.63, 3.8) is 0 Å². The number of ether oxygens (including phenoxy) is 1. The van der Waals surface area contributed by atoms with E-state index in [4.69, 9.17) is 16.3 Å². The van der Waals surface area contributed by atoms with Gasteiger partial charge in [-0.3, -0.25) is 4.79 Å². The van der Waals surface area contributed by atoms with Crippen molar-refractivity contribution in [1.29, 1.82) is 0 Å². The Bertz CT molecular complexity index is 444. The topological polar surface area (TPSA) is 41.6 Å². The Morgan fingerprint density at radius 2 is 1.91 bits per heavy atom. The van der Waals surface area contributed by atoms with E-state index in [9.17, 15) is 4.79 Å². The molecule has 2 rings (SSSR count). The summed E-state index contributed by atoms with van der Waals surface area (Å²) in [5, 5.41) is 3.67. The second-order valence-electron chi connectivity index (χ2n) is 5.66. The van der Waals surface area contributed by atoms with Gasteiger partial charge < -0.3 is 15.0 Å². The van der Waals surface area contributed by atoms with Crippen molar-refractivity contribution < 1.29 is 9.53 Å². The van der Waals surface area contributed by atoms with Crippen molar-refractivity contribution in [1.82, 2.24) is 10.2 Å². The van der Waals surface area contributed by atoms with E-state index < -0.39 is 0 Å². The summed E-state index contributed by atoms with van der Waals surface area (Å²) in [6.45, 7) is 4.85. The van der Waals surface area contributed by atoms with E-state index in [1.165, 1.54) is 25.9 Å². The Balaban J connectivity index is 1.46. The number of rotatable bonds is 9. The van der Waals surface area contributed by atoms with E-state index in [-0.39, 0.29) is 5.91 Å². The first-order valence-electron chi connectivity index (χ1n) is 8.11. The number of benzene rings is 1. The van der Waals surface area contributed by atoms with E-state index in [2.05, 4.69) is 10.2 Å². The number of carbonyl (C=O) groups is 1. The van der Waals surface area contributed by atoms with Crippen LogP contribution in [0.5, 0.6) is 5.75 Å². The minimum Gasteiger partial charge on any atom is -0.494 e. The molecule has 1 heterocycles. The van der Waals surface area contributed by atoms with Gasteiger partial charge in [-0.15, -0.1) is 0 Å². The van der Waals surface area contributed by atoms with Crippen LogP contribution in [0.25, 0.3) is 0 Å². The molecule has 1 aromatic rings.